The first-order chi connectivity index (χ1) is 18.6. The maximum atomic E-state index is 14.1. The Bertz CT molecular complexity index is 1580. The maximum absolute atomic E-state index is 14.1. The topological polar surface area (TPSA) is 109 Å². The molecular weight excluding hydrogens is 494 g/mol. The molecule has 9 heteroatoms. The quantitative estimate of drug-likeness (QED) is 0.443. The number of anilines is 2. The fourth-order valence-electron chi connectivity index (χ4n) is 6.67. The van der Waals surface area contributed by atoms with Gasteiger partial charge >= 0.3 is 0 Å². The molecule has 1 aromatic heterocycles. The van der Waals surface area contributed by atoms with Crippen LogP contribution in [0.3, 0.4) is 0 Å². The lowest BCUT2D eigenvalue weighted by Gasteiger charge is -2.31. The summed E-state index contributed by atoms with van der Waals surface area (Å²) in [4.78, 5) is 40.2. The van der Waals surface area contributed by atoms with E-state index in [1.54, 1.807) is 12.1 Å². The van der Waals surface area contributed by atoms with Gasteiger partial charge in [0.25, 0.3) is 0 Å². The zero-order chi connectivity index (χ0) is 27.7. The summed E-state index contributed by atoms with van der Waals surface area (Å²) in [7, 11) is 3.76. The van der Waals surface area contributed by atoms with Gasteiger partial charge in [-0.3, -0.25) is 9.59 Å². The van der Waals surface area contributed by atoms with Crippen LogP contribution in [-0.2, 0) is 14.3 Å². The van der Waals surface area contributed by atoms with Crippen molar-refractivity contribution in [1.82, 2.24) is 9.97 Å². The first-order valence-corrected chi connectivity index (χ1v) is 13.3. The molecule has 0 radical (unpaired) electrons. The van der Waals surface area contributed by atoms with Gasteiger partial charge in [-0.2, -0.15) is 10.2 Å². The number of aromatic nitrogens is 2. The molecule has 0 N–H and O–H groups in total. The zero-order valence-corrected chi connectivity index (χ0v) is 22.8. The summed E-state index contributed by atoms with van der Waals surface area (Å²) >= 11 is 0. The third kappa shape index (κ3) is 3.62. The minimum absolute atomic E-state index is 0.234. The highest BCUT2D eigenvalue weighted by atomic mass is 16.5. The number of fused-ring (bicyclic) bond motifs is 6. The van der Waals surface area contributed by atoms with Crippen LogP contribution in [0.2, 0.25) is 0 Å². The number of imide groups is 1. The van der Waals surface area contributed by atoms with Crippen LogP contribution in [0.15, 0.2) is 36.4 Å². The van der Waals surface area contributed by atoms with E-state index in [4.69, 9.17) is 9.47 Å². The largest absolute Gasteiger partial charge is 0.477 e. The second kappa shape index (κ2) is 8.75. The lowest BCUT2D eigenvalue weighted by atomic mass is 9.67. The minimum atomic E-state index is -0.788. The highest BCUT2D eigenvalue weighted by Crippen LogP contribution is 2.62. The predicted octanol–water partition coefficient (Wildman–Crippen LogP) is 4.08. The summed E-state index contributed by atoms with van der Waals surface area (Å²) < 4.78 is 12.7. The minimum Gasteiger partial charge on any atom is -0.477 e. The highest BCUT2D eigenvalue weighted by molar-refractivity contribution is 6.26. The average molecular weight is 526 g/mol. The van der Waals surface area contributed by atoms with Crippen LogP contribution in [-0.4, -0.2) is 53.7 Å². The molecule has 200 valence electrons. The fourth-order valence-corrected chi connectivity index (χ4v) is 6.67. The molecular formula is C30H31N5O4. The van der Waals surface area contributed by atoms with Gasteiger partial charge in [0.15, 0.2) is 0 Å². The molecule has 6 rings (SSSR count). The number of carbonyl (C=O) groups is 2. The van der Waals surface area contributed by atoms with E-state index in [0.717, 1.165) is 16.6 Å². The first kappa shape index (κ1) is 25.3. The molecule has 3 aliphatic rings. The number of hydrogen-bond acceptors (Lipinski definition) is 8. The second-order valence-corrected chi connectivity index (χ2v) is 11.3. The van der Waals surface area contributed by atoms with Crippen molar-refractivity contribution in [1.29, 1.82) is 5.26 Å². The lowest BCUT2D eigenvalue weighted by molar-refractivity contribution is -0.131. The number of carbonyl (C=O) groups excluding carboxylic acids is 2. The van der Waals surface area contributed by atoms with Crippen LogP contribution in [0.5, 0.6) is 5.88 Å². The molecule has 0 spiro atoms. The molecule has 2 amide bonds. The monoisotopic (exact) mass is 525 g/mol. The standard InChI is InChI=1S/C30H31N5O4/c1-17-18(2)32-28(34(4)5)33-25(17)38-15-14-30-13-12-29(3,39-30)23-24(30)27(37)35(26(23)36)22-11-10-19(16-31)20-8-6-7-9-21(20)22/h6-11,23-24H,12-15H2,1-5H3. The van der Waals surface area contributed by atoms with Crippen LogP contribution in [0, 0.1) is 37.0 Å². The number of nitrogens with zero attached hydrogens (tertiary/aromatic N) is 5. The molecule has 4 unspecified atom stereocenters. The van der Waals surface area contributed by atoms with Crippen molar-refractivity contribution in [3.8, 4) is 11.9 Å². The Morgan fingerprint density at radius 1 is 1.08 bits per heavy atom. The number of aryl methyl sites for hydroxylation is 1. The molecule has 2 bridgehead atoms. The molecule has 2 aromatic carbocycles. The van der Waals surface area contributed by atoms with Gasteiger partial charge in [0.05, 0.1) is 47.0 Å². The van der Waals surface area contributed by atoms with Crippen molar-refractivity contribution >= 4 is 34.2 Å². The van der Waals surface area contributed by atoms with E-state index in [1.807, 2.05) is 64.0 Å². The number of ether oxygens (including phenoxy) is 2. The van der Waals surface area contributed by atoms with Gasteiger partial charge in [-0.05, 0) is 45.7 Å². The number of hydrogen-bond donors (Lipinski definition) is 0. The Labute approximate surface area is 227 Å². The zero-order valence-electron chi connectivity index (χ0n) is 22.8. The Morgan fingerprint density at radius 2 is 1.79 bits per heavy atom. The molecule has 4 atom stereocenters. The summed E-state index contributed by atoms with van der Waals surface area (Å²) in [6, 6.07) is 13.0. The SMILES string of the molecule is Cc1nc(N(C)C)nc(OCCC23CCC(C)(O2)C2C(=O)N(c4ccc(C#N)c5ccccc45)C(=O)C23)c1C. The van der Waals surface area contributed by atoms with E-state index >= 15 is 0 Å². The Balaban J connectivity index is 1.31. The van der Waals surface area contributed by atoms with Crippen molar-refractivity contribution in [2.24, 2.45) is 11.8 Å². The van der Waals surface area contributed by atoms with Gasteiger partial charge in [0.1, 0.15) is 0 Å². The van der Waals surface area contributed by atoms with Gasteiger partial charge in [0.2, 0.25) is 23.6 Å². The molecule has 0 saturated carbocycles. The van der Waals surface area contributed by atoms with Crippen LogP contribution in [0.1, 0.15) is 43.0 Å². The molecule has 3 aliphatic heterocycles. The maximum Gasteiger partial charge on any atom is 0.240 e. The van der Waals surface area contributed by atoms with Crippen molar-refractivity contribution in [3.05, 3.63) is 53.2 Å². The molecule has 39 heavy (non-hydrogen) atoms. The summed E-state index contributed by atoms with van der Waals surface area (Å²) in [6.07, 6.45) is 1.84. The van der Waals surface area contributed by atoms with Gasteiger partial charge in [-0.15, -0.1) is 0 Å². The van der Waals surface area contributed by atoms with Crippen LogP contribution in [0.4, 0.5) is 11.6 Å². The molecule has 3 aromatic rings. The summed E-state index contributed by atoms with van der Waals surface area (Å²) in [5.41, 5.74) is 1.23. The smallest absolute Gasteiger partial charge is 0.240 e. The summed E-state index contributed by atoms with van der Waals surface area (Å²) in [5, 5.41) is 11.0. The van der Waals surface area contributed by atoms with E-state index in [0.29, 0.717) is 54.3 Å². The van der Waals surface area contributed by atoms with Crippen LogP contribution in [0.25, 0.3) is 10.8 Å². The highest BCUT2D eigenvalue weighted by Gasteiger charge is 2.73. The summed E-state index contributed by atoms with van der Waals surface area (Å²) in [6.45, 7) is 6.10. The Kier molecular flexibility index (Phi) is 5.67. The predicted molar refractivity (Wildman–Crippen MR) is 146 cm³/mol. The van der Waals surface area contributed by atoms with Crippen LogP contribution < -0.4 is 14.5 Å². The van der Waals surface area contributed by atoms with Gasteiger partial charge in [-0.25, -0.2) is 9.88 Å². The van der Waals surface area contributed by atoms with E-state index in [-0.39, 0.29) is 11.8 Å². The van der Waals surface area contributed by atoms with Crippen molar-refractivity contribution in [2.75, 3.05) is 30.5 Å². The average Bonchev–Trinajstić information content (AvgIpc) is 3.50. The first-order valence-electron chi connectivity index (χ1n) is 13.3. The number of amides is 2. The van der Waals surface area contributed by atoms with Crippen molar-refractivity contribution in [2.45, 2.75) is 51.2 Å². The number of benzene rings is 2. The summed E-state index contributed by atoms with van der Waals surface area (Å²) in [5.74, 6) is -0.546. The normalized spacial score (nSPS) is 27.2. The lowest BCUT2D eigenvalue weighted by Crippen LogP contribution is -2.43. The number of nitriles is 1. The van der Waals surface area contributed by atoms with Gasteiger partial charge in [0, 0.05) is 42.5 Å². The molecule has 3 fully saturated rings. The van der Waals surface area contributed by atoms with E-state index in [9.17, 15) is 14.9 Å². The van der Waals surface area contributed by atoms with Crippen molar-refractivity contribution in [3.63, 3.8) is 0 Å². The Morgan fingerprint density at radius 3 is 2.51 bits per heavy atom. The molecule has 3 saturated heterocycles. The molecule has 4 heterocycles. The van der Waals surface area contributed by atoms with E-state index < -0.39 is 23.0 Å². The third-order valence-electron chi connectivity index (χ3n) is 8.77. The van der Waals surface area contributed by atoms with E-state index in [2.05, 4.69) is 16.0 Å². The Hall–Kier alpha value is -4.03. The van der Waals surface area contributed by atoms with Crippen molar-refractivity contribution < 1.29 is 19.1 Å². The fraction of sp³-hybridized carbons (Fsp3) is 0.433. The molecule has 0 aliphatic carbocycles. The van der Waals surface area contributed by atoms with Gasteiger partial charge < -0.3 is 14.4 Å². The second-order valence-electron chi connectivity index (χ2n) is 11.3. The van der Waals surface area contributed by atoms with Gasteiger partial charge in [-0.1, -0.05) is 24.3 Å². The van der Waals surface area contributed by atoms with Crippen LogP contribution >= 0.6 is 0 Å². The number of rotatable bonds is 6. The molecule has 9 nitrogen and oxygen atoms in total. The van der Waals surface area contributed by atoms with E-state index in [1.165, 1.54) is 4.90 Å². The third-order valence-corrected chi connectivity index (χ3v) is 8.77.